The number of likely N-dealkylation sites (tertiary alicyclic amines) is 1. The van der Waals surface area contributed by atoms with E-state index in [0.717, 1.165) is 12.1 Å². The second-order valence-corrected chi connectivity index (χ2v) is 5.13. The molecule has 1 saturated heterocycles. The number of aryl methyl sites for hydroxylation is 1. The highest BCUT2D eigenvalue weighted by molar-refractivity contribution is 5.90. The van der Waals surface area contributed by atoms with Gasteiger partial charge in [0.25, 0.3) is 0 Å². The van der Waals surface area contributed by atoms with Crippen LogP contribution in [0.5, 0.6) is 0 Å². The molecule has 0 unspecified atom stereocenters. The van der Waals surface area contributed by atoms with Crippen molar-refractivity contribution in [1.29, 1.82) is 0 Å². The topological polar surface area (TPSA) is 69.6 Å². The van der Waals surface area contributed by atoms with Gasteiger partial charge in [0.05, 0.1) is 11.6 Å². The summed E-state index contributed by atoms with van der Waals surface area (Å²) in [6, 6.07) is 1.30. The highest BCUT2D eigenvalue weighted by Gasteiger charge is 2.28. The number of rotatable bonds is 2. The van der Waals surface area contributed by atoms with Crippen LogP contribution in [-0.2, 0) is 4.79 Å². The third-order valence-corrected chi connectivity index (χ3v) is 3.55. The molecule has 0 radical (unpaired) electrons. The van der Waals surface area contributed by atoms with Crippen molar-refractivity contribution in [1.82, 2.24) is 4.90 Å². The second kappa shape index (κ2) is 6.07. The van der Waals surface area contributed by atoms with E-state index in [1.54, 1.807) is 0 Å². The Morgan fingerprint density at radius 2 is 2.05 bits per heavy atom. The average Bonchev–Trinajstić information content (AvgIpc) is 2.44. The van der Waals surface area contributed by atoms with E-state index in [4.69, 9.17) is 5.11 Å². The molecule has 2 rings (SSSR count). The maximum absolute atomic E-state index is 13.7. The molecule has 1 heterocycles. The Morgan fingerprint density at radius 3 is 2.71 bits per heavy atom. The van der Waals surface area contributed by atoms with E-state index in [9.17, 15) is 18.4 Å². The lowest BCUT2D eigenvalue weighted by atomic mass is 9.99. The van der Waals surface area contributed by atoms with Gasteiger partial charge in [0, 0.05) is 19.2 Å². The predicted molar refractivity (Wildman–Crippen MR) is 72.0 cm³/mol. The Morgan fingerprint density at radius 1 is 1.33 bits per heavy atom. The zero-order valence-electron chi connectivity index (χ0n) is 11.5. The summed E-state index contributed by atoms with van der Waals surface area (Å²) >= 11 is 0. The van der Waals surface area contributed by atoms with Gasteiger partial charge in [-0.1, -0.05) is 0 Å². The number of nitrogens with zero attached hydrogens (tertiary/aromatic N) is 1. The SMILES string of the molecule is Cc1cc(F)c(NC(=O)N2CCC[C@@H](C(=O)O)C2)cc1F. The fourth-order valence-corrected chi connectivity index (χ4v) is 2.30. The number of benzene rings is 1. The molecule has 0 saturated carbocycles. The Kier molecular flexibility index (Phi) is 4.40. The molecular formula is C14H16F2N2O3. The van der Waals surface area contributed by atoms with Gasteiger partial charge in [0.15, 0.2) is 0 Å². The molecule has 5 nitrogen and oxygen atoms in total. The molecule has 0 bridgehead atoms. The van der Waals surface area contributed by atoms with Crippen molar-refractivity contribution in [3.8, 4) is 0 Å². The Bertz CT molecular complexity index is 578. The van der Waals surface area contributed by atoms with Crippen LogP contribution in [0.15, 0.2) is 12.1 Å². The monoisotopic (exact) mass is 298 g/mol. The second-order valence-electron chi connectivity index (χ2n) is 5.13. The molecule has 1 aromatic rings. The molecule has 0 spiro atoms. The third-order valence-electron chi connectivity index (χ3n) is 3.55. The van der Waals surface area contributed by atoms with Crippen LogP contribution < -0.4 is 5.32 Å². The number of nitrogens with one attached hydrogen (secondary N) is 1. The normalized spacial score (nSPS) is 18.4. The number of hydrogen-bond donors (Lipinski definition) is 2. The van der Waals surface area contributed by atoms with E-state index < -0.39 is 29.6 Å². The first kappa shape index (κ1) is 15.2. The lowest BCUT2D eigenvalue weighted by Crippen LogP contribution is -2.44. The number of carboxylic acid groups (broad SMARTS) is 1. The molecule has 1 atom stereocenters. The summed E-state index contributed by atoms with van der Waals surface area (Å²) < 4.78 is 27.1. The zero-order chi connectivity index (χ0) is 15.6. The van der Waals surface area contributed by atoms with E-state index in [1.807, 2.05) is 0 Å². The summed E-state index contributed by atoms with van der Waals surface area (Å²) in [5.74, 6) is -2.92. The van der Waals surface area contributed by atoms with Crippen molar-refractivity contribution in [2.45, 2.75) is 19.8 Å². The molecule has 2 amide bonds. The number of anilines is 1. The quantitative estimate of drug-likeness (QED) is 0.881. The summed E-state index contributed by atoms with van der Waals surface area (Å²) in [4.78, 5) is 24.3. The molecule has 114 valence electrons. The number of carbonyl (C=O) groups excluding carboxylic acids is 1. The molecule has 21 heavy (non-hydrogen) atoms. The van der Waals surface area contributed by atoms with E-state index in [1.165, 1.54) is 11.8 Å². The van der Waals surface area contributed by atoms with Crippen LogP contribution in [0, 0.1) is 24.5 Å². The van der Waals surface area contributed by atoms with Crippen LogP contribution in [0.3, 0.4) is 0 Å². The van der Waals surface area contributed by atoms with Gasteiger partial charge >= 0.3 is 12.0 Å². The Labute approximate surface area is 120 Å². The minimum atomic E-state index is -0.958. The summed E-state index contributed by atoms with van der Waals surface area (Å²) in [6.45, 7) is 1.88. The maximum atomic E-state index is 13.7. The predicted octanol–water partition coefficient (Wildman–Crippen LogP) is 2.60. The Hall–Kier alpha value is -2.18. The van der Waals surface area contributed by atoms with Gasteiger partial charge in [0.1, 0.15) is 11.6 Å². The minimum absolute atomic E-state index is 0.0666. The molecule has 1 fully saturated rings. The van der Waals surface area contributed by atoms with E-state index in [0.29, 0.717) is 19.4 Å². The summed E-state index contributed by atoms with van der Waals surface area (Å²) in [7, 11) is 0. The van der Waals surface area contributed by atoms with E-state index >= 15 is 0 Å². The highest BCUT2D eigenvalue weighted by atomic mass is 19.1. The number of halogens is 2. The number of urea groups is 1. The van der Waals surface area contributed by atoms with Crippen molar-refractivity contribution in [3.05, 3.63) is 29.3 Å². The van der Waals surface area contributed by atoms with Gasteiger partial charge in [-0.3, -0.25) is 4.79 Å². The standard InChI is InChI=1S/C14H16F2N2O3/c1-8-5-11(16)12(6-10(8)15)17-14(21)18-4-2-3-9(7-18)13(19)20/h5-6,9H,2-4,7H2,1H3,(H,17,21)(H,19,20)/t9-/m1/s1. The minimum Gasteiger partial charge on any atom is -0.481 e. The molecule has 1 aromatic carbocycles. The molecular weight excluding hydrogens is 282 g/mol. The van der Waals surface area contributed by atoms with Gasteiger partial charge < -0.3 is 15.3 Å². The number of hydrogen-bond acceptors (Lipinski definition) is 2. The van der Waals surface area contributed by atoms with Gasteiger partial charge in [-0.2, -0.15) is 0 Å². The largest absolute Gasteiger partial charge is 0.481 e. The van der Waals surface area contributed by atoms with Gasteiger partial charge in [0.2, 0.25) is 0 Å². The first-order valence-corrected chi connectivity index (χ1v) is 6.63. The van der Waals surface area contributed by atoms with Crippen LogP contribution in [0.4, 0.5) is 19.3 Å². The smallest absolute Gasteiger partial charge is 0.321 e. The van der Waals surface area contributed by atoms with Crippen molar-refractivity contribution < 1.29 is 23.5 Å². The van der Waals surface area contributed by atoms with Crippen LogP contribution in [0.2, 0.25) is 0 Å². The Balaban J connectivity index is 2.07. The summed E-state index contributed by atoms with van der Waals surface area (Å²) in [5.41, 5.74) is -0.102. The summed E-state index contributed by atoms with van der Waals surface area (Å²) in [6.07, 6.45) is 1.07. The molecule has 0 aromatic heterocycles. The first-order chi connectivity index (χ1) is 9.88. The van der Waals surface area contributed by atoms with Crippen molar-refractivity contribution >= 4 is 17.7 Å². The average molecular weight is 298 g/mol. The first-order valence-electron chi connectivity index (χ1n) is 6.63. The van der Waals surface area contributed by atoms with Crippen molar-refractivity contribution in [2.75, 3.05) is 18.4 Å². The molecule has 0 aliphatic carbocycles. The van der Waals surface area contributed by atoms with E-state index in [-0.39, 0.29) is 17.8 Å². The number of piperidine rings is 1. The third kappa shape index (κ3) is 3.48. The molecule has 7 heteroatoms. The fourth-order valence-electron chi connectivity index (χ4n) is 2.30. The van der Waals surface area contributed by atoms with Crippen LogP contribution >= 0.6 is 0 Å². The lowest BCUT2D eigenvalue weighted by Gasteiger charge is -2.30. The fraction of sp³-hybridized carbons (Fsp3) is 0.429. The maximum Gasteiger partial charge on any atom is 0.321 e. The number of carboxylic acids is 1. The summed E-state index contributed by atoms with van der Waals surface area (Å²) in [5, 5.41) is 11.3. The van der Waals surface area contributed by atoms with Crippen LogP contribution in [-0.4, -0.2) is 35.1 Å². The van der Waals surface area contributed by atoms with Crippen LogP contribution in [0.1, 0.15) is 18.4 Å². The number of amides is 2. The molecule has 1 aliphatic rings. The van der Waals surface area contributed by atoms with Crippen LogP contribution in [0.25, 0.3) is 0 Å². The highest BCUT2D eigenvalue weighted by Crippen LogP contribution is 2.21. The van der Waals surface area contributed by atoms with Gasteiger partial charge in [-0.15, -0.1) is 0 Å². The number of carbonyl (C=O) groups is 2. The lowest BCUT2D eigenvalue weighted by molar-refractivity contribution is -0.143. The molecule has 1 aliphatic heterocycles. The molecule has 2 N–H and O–H groups in total. The van der Waals surface area contributed by atoms with Gasteiger partial charge in [-0.25, -0.2) is 13.6 Å². The zero-order valence-corrected chi connectivity index (χ0v) is 11.5. The number of aliphatic carboxylic acids is 1. The van der Waals surface area contributed by atoms with E-state index in [2.05, 4.69) is 5.32 Å². The van der Waals surface area contributed by atoms with Crippen molar-refractivity contribution in [3.63, 3.8) is 0 Å². The van der Waals surface area contributed by atoms with Crippen molar-refractivity contribution in [2.24, 2.45) is 5.92 Å². The van der Waals surface area contributed by atoms with Gasteiger partial charge in [-0.05, 0) is 31.4 Å².